The Morgan fingerprint density at radius 2 is 1.22 bits per heavy atom. The van der Waals surface area contributed by atoms with E-state index in [1.54, 1.807) is 0 Å². The Labute approximate surface area is 159 Å². The van der Waals surface area contributed by atoms with Crippen molar-refractivity contribution in [2.75, 3.05) is 0 Å². The van der Waals surface area contributed by atoms with Gasteiger partial charge in [0.2, 0.25) is 0 Å². The largest absolute Gasteiger partial charge is 0.514 e. The molecule has 0 amide bonds. The molecule has 0 aliphatic heterocycles. The van der Waals surface area contributed by atoms with Gasteiger partial charge in [-0.05, 0) is 36.8 Å². The lowest BCUT2D eigenvalue weighted by molar-refractivity contribution is 0.0615. The van der Waals surface area contributed by atoms with Gasteiger partial charge in [0.25, 0.3) is 0 Å². The van der Waals surface area contributed by atoms with Crippen molar-refractivity contribution in [3.8, 4) is 28.0 Å². The average Bonchev–Trinajstić information content (AvgIpc) is 3.22. The minimum absolute atomic E-state index is 0.0263. The Morgan fingerprint density at radius 1 is 0.704 bits per heavy atom. The van der Waals surface area contributed by atoms with Crippen LogP contribution in [0, 0.1) is 0 Å². The van der Waals surface area contributed by atoms with E-state index in [2.05, 4.69) is 0 Å². The molecule has 0 atom stereocenters. The Balaban J connectivity index is 1.72. The van der Waals surface area contributed by atoms with Crippen LogP contribution in [0.25, 0.3) is 22.3 Å². The number of carbonyl (C=O) groups is 1. The average molecular weight is 358 g/mol. The summed E-state index contributed by atoms with van der Waals surface area (Å²) in [5, 5.41) is 0. The zero-order valence-corrected chi connectivity index (χ0v) is 15.1. The molecular weight excluding hydrogens is 336 g/mol. The molecule has 136 valence electrons. The van der Waals surface area contributed by atoms with Gasteiger partial charge >= 0.3 is 6.16 Å². The molecule has 3 nitrogen and oxygen atoms in total. The summed E-state index contributed by atoms with van der Waals surface area (Å²) in [7, 11) is 0. The lowest BCUT2D eigenvalue weighted by atomic mass is 9.97. The number of carbonyl (C=O) groups excluding carboxylic acids is 1. The van der Waals surface area contributed by atoms with E-state index in [0.29, 0.717) is 5.75 Å². The monoisotopic (exact) mass is 358 g/mol. The van der Waals surface area contributed by atoms with E-state index in [9.17, 15) is 4.79 Å². The second-order valence-electron chi connectivity index (χ2n) is 6.79. The predicted octanol–water partition coefficient (Wildman–Crippen LogP) is 6.48. The second kappa shape index (κ2) is 8.09. The number of benzene rings is 3. The van der Waals surface area contributed by atoms with Crippen LogP contribution in [0.15, 0.2) is 78.9 Å². The van der Waals surface area contributed by atoms with E-state index >= 15 is 0 Å². The summed E-state index contributed by atoms with van der Waals surface area (Å²) < 4.78 is 11.3. The molecule has 3 heteroatoms. The van der Waals surface area contributed by atoms with Gasteiger partial charge in [0.05, 0.1) is 0 Å². The fourth-order valence-electron chi connectivity index (χ4n) is 3.59. The number of hydrogen-bond donors (Lipinski definition) is 0. The normalized spacial score (nSPS) is 14.1. The van der Waals surface area contributed by atoms with Crippen molar-refractivity contribution in [3.05, 3.63) is 78.9 Å². The maximum atomic E-state index is 12.5. The number of hydrogen-bond acceptors (Lipinski definition) is 3. The van der Waals surface area contributed by atoms with E-state index in [4.69, 9.17) is 9.47 Å². The van der Waals surface area contributed by atoms with Gasteiger partial charge in [-0.3, -0.25) is 0 Å². The highest BCUT2D eigenvalue weighted by molar-refractivity contribution is 5.85. The van der Waals surface area contributed by atoms with Gasteiger partial charge in [-0.15, -0.1) is 0 Å². The molecule has 27 heavy (non-hydrogen) atoms. The lowest BCUT2D eigenvalue weighted by Gasteiger charge is -2.17. The molecule has 0 N–H and O–H groups in total. The standard InChI is InChI=1S/C24H22O3/c25-24(26-20-14-7-8-15-20)27-23-21(18-10-3-1-4-11-18)16-9-17-22(23)19-12-5-2-6-13-19/h1-6,9-13,16-17,20H,7-8,14-15H2. The minimum atomic E-state index is -0.623. The topological polar surface area (TPSA) is 35.5 Å². The van der Waals surface area contributed by atoms with Crippen LogP contribution in [0.5, 0.6) is 5.75 Å². The summed E-state index contributed by atoms with van der Waals surface area (Å²) in [5.41, 5.74) is 3.75. The Kier molecular flexibility index (Phi) is 5.20. The molecule has 0 saturated heterocycles. The summed E-state index contributed by atoms with van der Waals surface area (Å²) in [5.74, 6) is 0.540. The van der Waals surface area contributed by atoms with Crippen molar-refractivity contribution in [1.29, 1.82) is 0 Å². The van der Waals surface area contributed by atoms with Crippen LogP contribution in [0.2, 0.25) is 0 Å². The first-order valence-corrected chi connectivity index (χ1v) is 9.43. The van der Waals surface area contributed by atoms with E-state index in [1.165, 1.54) is 0 Å². The molecule has 0 unspecified atom stereocenters. The van der Waals surface area contributed by atoms with Gasteiger partial charge in [0.15, 0.2) is 0 Å². The summed E-state index contributed by atoms with van der Waals surface area (Å²) >= 11 is 0. The molecule has 0 spiro atoms. The predicted molar refractivity (Wildman–Crippen MR) is 107 cm³/mol. The lowest BCUT2D eigenvalue weighted by Crippen LogP contribution is -2.18. The molecule has 0 heterocycles. The molecule has 1 aliphatic rings. The first kappa shape index (κ1) is 17.3. The SMILES string of the molecule is O=C(Oc1c(-c2ccccc2)cccc1-c1ccccc1)OC1CCCC1. The van der Waals surface area contributed by atoms with Crippen molar-refractivity contribution in [2.45, 2.75) is 31.8 Å². The fourth-order valence-corrected chi connectivity index (χ4v) is 3.59. The van der Waals surface area contributed by atoms with Crippen LogP contribution in [-0.2, 0) is 4.74 Å². The van der Waals surface area contributed by atoms with E-state index < -0.39 is 6.16 Å². The molecule has 4 rings (SSSR count). The van der Waals surface area contributed by atoms with Crippen molar-refractivity contribution in [1.82, 2.24) is 0 Å². The number of rotatable bonds is 4. The fraction of sp³-hybridized carbons (Fsp3) is 0.208. The maximum Gasteiger partial charge on any atom is 0.514 e. The van der Waals surface area contributed by atoms with Crippen LogP contribution in [0.3, 0.4) is 0 Å². The first-order valence-electron chi connectivity index (χ1n) is 9.43. The van der Waals surface area contributed by atoms with Crippen molar-refractivity contribution < 1.29 is 14.3 Å². The number of para-hydroxylation sites is 1. The van der Waals surface area contributed by atoms with Crippen molar-refractivity contribution in [2.24, 2.45) is 0 Å². The molecule has 0 aromatic heterocycles. The summed E-state index contributed by atoms with van der Waals surface area (Å²) in [6.07, 6.45) is 3.40. The third-order valence-corrected chi connectivity index (χ3v) is 4.94. The van der Waals surface area contributed by atoms with Gasteiger partial charge in [-0.1, -0.05) is 78.9 Å². The molecular formula is C24H22O3. The van der Waals surface area contributed by atoms with Gasteiger partial charge in [-0.25, -0.2) is 4.79 Å². The van der Waals surface area contributed by atoms with Gasteiger partial charge in [0, 0.05) is 11.1 Å². The van der Waals surface area contributed by atoms with Crippen LogP contribution in [0.1, 0.15) is 25.7 Å². The maximum absolute atomic E-state index is 12.5. The minimum Gasteiger partial charge on any atom is -0.431 e. The molecule has 1 saturated carbocycles. The Hall–Kier alpha value is -3.07. The quantitative estimate of drug-likeness (QED) is 0.395. The van der Waals surface area contributed by atoms with E-state index in [1.807, 2.05) is 78.9 Å². The summed E-state index contributed by atoms with van der Waals surface area (Å²) in [4.78, 5) is 12.5. The molecule has 3 aromatic rings. The zero-order chi connectivity index (χ0) is 18.5. The Bertz CT molecular complexity index is 840. The molecule has 0 radical (unpaired) electrons. The van der Waals surface area contributed by atoms with Crippen LogP contribution >= 0.6 is 0 Å². The van der Waals surface area contributed by atoms with Crippen LogP contribution in [-0.4, -0.2) is 12.3 Å². The van der Waals surface area contributed by atoms with E-state index in [-0.39, 0.29) is 6.10 Å². The van der Waals surface area contributed by atoms with Gasteiger partial charge in [0.1, 0.15) is 11.9 Å². The highest BCUT2D eigenvalue weighted by Gasteiger charge is 2.23. The molecule has 0 bridgehead atoms. The van der Waals surface area contributed by atoms with Crippen molar-refractivity contribution in [3.63, 3.8) is 0 Å². The van der Waals surface area contributed by atoms with Crippen molar-refractivity contribution >= 4 is 6.16 Å². The van der Waals surface area contributed by atoms with E-state index in [0.717, 1.165) is 47.9 Å². The smallest absolute Gasteiger partial charge is 0.431 e. The Morgan fingerprint density at radius 3 is 1.74 bits per heavy atom. The highest BCUT2D eigenvalue weighted by Crippen LogP contribution is 2.39. The number of ether oxygens (including phenoxy) is 2. The second-order valence-corrected chi connectivity index (χ2v) is 6.79. The first-order chi connectivity index (χ1) is 13.3. The molecule has 1 aliphatic carbocycles. The van der Waals surface area contributed by atoms with Crippen LogP contribution in [0.4, 0.5) is 4.79 Å². The third kappa shape index (κ3) is 4.03. The highest BCUT2D eigenvalue weighted by atomic mass is 16.7. The molecule has 1 fully saturated rings. The molecule has 3 aromatic carbocycles. The van der Waals surface area contributed by atoms with Crippen LogP contribution < -0.4 is 4.74 Å². The zero-order valence-electron chi connectivity index (χ0n) is 15.1. The van der Waals surface area contributed by atoms with Gasteiger partial charge in [-0.2, -0.15) is 0 Å². The summed E-state index contributed by atoms with van der Waals surface area (Å²) in [6, 6.07) is 25.8. The summed E-state index contributed by atoms with van der Waals surface area (Å²) in [6.45, 7) is 0. The van der Waals surface area contributed by atoms with Gasteiger partial charge < -0.3 is 9.47 Å². The third-order valence-electron chi connectivity index (χ3n) is 4.94.